The van der Waals surface area contributed by atoms with Gasteiger partial charge in [-0.25, -0.2) is 0 Å². The van der Waals surface area contributed by atoms with E-state index in [1.54, 1.807) is 52.2 Å². The third-order valence-electron chi connectivity index (χ3n) is 16.4. The number of pyridine rings is 4. The van der Waals surface area contributed by atoms with Crippen LogP contribution in [0.5, 0.6) is 0 Å². The molecule has 0 saturated heterocycles. The van der Waals surface area contributed by atoms with E-state index < -0.39 is 92.5 Å². The average molecular weight is 2100 g/mol. The van der Waals surface area contributed by atoms with Gasteiger partial charge in [0.15, 0.2) is 0 Å². The molecular weight excluding hydrogens is 1960 g/mol. The van der Waals surface area contributed by atoms with Crippen LogP contribution >= 0.6 is 0 Å². The first-order valence-corrected chi connectivity index (χ1v) is 46.7. The largest absolute Gasteiger partial charge is 0.305 e. The Bertz CT molecular complexity index is 4810. The van der Waals surface area contributed by atoms with Gasteiger partial charge >= 0.3 is 0 Å². The summed E-state index contributed by atoms with van der Waals surface area (Å²) in [5.74, 6) is -0.442. The Morgan fingerprint density at radius 2 is 0.794 bits per heavy atom. The molecule has 0 aliphatic heterocycles. The molecule has 1 saturated carbocycles. The molecule has 0 unspecified atom stereocenters. The van der Waals surface area contributed by atoms with E-state index in [1.807, 2.05) is 30.6 Å². The van der Waals surface area contributed by atoms with Crippen molar-refractivity contribution in [2.75, 3.05) is 0 Å². The second-order valence-corrected chi connectivity index (χ2v) is 52.2. The molecule has 536 valence electrons. The molecule has 4 nitrogen and oxygen atoms in total. The first-order valence-electron chi connectivity index (χ1n) is 44.7. The summed E-state index contributed by atoms with van der Waals surface area (Å²) in [5.41, 5.74) is 7.99. The van der Waals surface area contributed by atoms with Crippen LogP contribution in [0.1, 0.15) is 200 Å². The Labute approximate surface area is 684 Å². The maximum atomic E-state index is 8.66. The summed E-state index contributed by atoms with van der Waals surface area (Å²) < 4.78 is 189. The van der Waals surface area contributed by atoms with Gasteiger partial charge in [-0.2, -0.15) is 0 Å². The van der Waals surface area contributed by atoms with Gasteiger partial charge in [0.2, 0.25) is 0 Å². The topological polar surface area (TPSA) is 51.6 Å². The Kier molecular flexibility index (Phi) is 22.1. The van der Waals surface area contributed by atoms with Crippen LogP contribution in [0.3, 0.4) is 0 Å². The van der Waals surface area contributed by atoms with Crippen LogP contribution < -0.4 is 20.7 Å². The van der Waals surface area contributed by atoms with E-state index in [1.165, 1.54) is 77.5 Å². The molecule has 9 rings (SSSR count). The van der Waals surface area contributed by atoms with Crippen molar-refractivity contribution in [3.8, 4) is 45.0 Å². The van der Waals surface area contributed by atoms with Crippen molar-refractivity contribution in [2.45, 2.75) is 252 Å². The molecule has 1 fully saturated rings. The third-order valence-corrected chi connectivity index (χ3v) is 24.5. The van der Waals surface area contributed by atoms with E-state index >= 15 is 0 Å². The minimum atomic E-state index is -2.57. The van der Waals surface area contributed by atoms with Crippen molar-refractivity contribution in [3.05, 3.63) is 189 Å². The van der Waals surface area contributed by atoms with Crippen LogP contribution in [-0.2, 0) is 105 Å². The molecule has 0 amide bonds. The molecule has 8 aromatic rings. The number of aryl methyl sites for hydroxylation is 7. The second kappa shape index (κ2) is 37.4. The fourth-order valence-electron chi connectivity index (χ4n) is 11.5. The minimum absolute atomic E-state index is 0. The number of hydrogen-bond acceptors (Lipinski definition) is 4. The van der Waals surface area contributed by atoms with Crippen LogP contribution in [-0.4, -0.2) is 52.2 Å². The smallest absolute Gasteiger partial charge is 0.0799 e. The van der Waals surface area contributed by atoms with Crippen LogP contribution in [0, 0.1) is 89.5 Å². The van der Waals surface area contributed by atoms with Crippen LogP contribution in [0.15, 0.2) is 97.6 Å². The van der Waals surface area contributed by atoms with Crippen LogP contribution in [0.2, 0.25) is 78.6 Å². The number of rotatable bonds is 14. The van der Waals surface area contributed by atoms with Crippen LogP contribution in [0.25, 0.3) is 45.0 Å². The Hall–Kier alpha value is -3.06. The molecule has 12 heteroatoms. The molecule has 1 aliphatic rings. The van der Waals surface area contributed by atoms with E-state index in [0.717, 1.165) is 52.0 Å². The fourth-order valence-corrected chi connectivity index (χ4v) is 17.7. The van der Waals surface area contributed by atoms with Gasteiger partial charge in [-0.3, -0.25) is 0 Å². The van der Waals surface area contributed by atoms with Crippen LogP contribution in [0.4, 0.5) is 0 Å². The summed E-state index contributed by atoms with van der Waals surface area (Å²) in [6.45, 7) is 29.7. The van der Waals surface area contributed by atoms with E-state index in [9.17, 15) is 0 Å². The molecule has 4 aromatic carbocycles. The monoisotopic (exact) mass is 2100 g/mol. The molecule has 97 heavy (non-hydrogen) atoms. The predicted octanol–water partition coefficient (Wildman–Crippen LogP) is 21.5. The van der Waals surface area contributed by atoms with Gasteiger partial charge in [-0.1, -0.05) is 268 Å². The molecule has 4 aromatic heterocycles. The fraction of sp³-hybridized carbons (Fsp3) is 0.482. The zero-order valence-electron chi connectivity index (χ0n) is 85.3. The minimum Gasteiger partial charge on any atom is -0.305 e. The summed E-state index contributed by atoms with van der Waals surface area (Å²) in [6, 6.07) is 30.7. The van der Waals surface area contributed by atoms with Crippen molar-refractivity contribution in [2.24, 2.45) is 17.3 Å². The maximum absolute atomic E-state index is 8.66. The summed E-state index contributed by atoms with van der Waals surface area (Å²) in [4.78, 5) is 18.3. The molecule has 0 atom stereocenters. The van der Waals surface area contributed by atoms with Gasteiger partial charge in [0.1, 0.15) is 0 Å². The molecule has 4 radical (unpaired) electrons. The zero-order chi connectivity index (χ0) is 89.7. The van der Waals surface area contributed by atoms with Crippen molar-refractivity contribution in [1.82, 2.24) is 19.9 Å². The molecule has 0 spiro atoms. The van der Waals surface area contributed by atoms with Gasteiger partial charge in [0, 0.05) is 138 Å². The third kappa shape index (κ3) is 26.3. The van der Waals surface area contributed by atoms with Gasteiger partial charge in [-0.05, 0) is 91.3 Å². The van der Waals surface area contributed by atoms with Crippen molar-refractivity contribution in [1.29, 1.82) is 0 Å². The van der Waals surface area contributed by atoms with E-state index in [0.29, 0.717) is 33.6 Å². The standard InChI is InChI=1S/C25H36NSi.C21H30NSi.C20H28NSi.C19H26NSi.4Ir/c1-18-14-21(25(2,3)4)12-13-22(18)23-16-20(15-19-10-8-9-11-19)24(17-26-23)27(5,6)7;1-15-9-10-18(16(2)11-15)19-12-17(13-21(3,4)5)20(14-22-19)23(6,7)8;1-14(2)10-17-12-19(21-13-20(17)22(5,6)7)18-9-8-15(3)11-16(18)4;1-13(2)17-11-18(20-12-19(17)21(5,6)7)16-9-8-14(3)10-15(16)4;;;;/h12,14,16-17,19H,8-11,15H2,1-7H3;9,11-12,14H,13H2,1-8H3;8,11-14H,10H2,1-7H3;8,10-13H,1-7H3;;;;/q4*-1;;;;/i1D3;1D3,2D3;3D3,4D3,10D2;3D3,4D3,13D;;;;. The molecule has 1 aliphatic carbocycles. The molecular formula is C85H120Ir4N4Si4-4. The zero-order valence-corrected chi connectivity index (χ0v) is 74.8. The maximum Gasteiger partial charge on any atom is 0.0799 e. The first kappa shape index (κ1) is 57.4. The van der Waals surface area contributed by atoms with Gasteiger partial charge in [-0.15, -0.1) is 140 Å². The van der Waals surface area contributed by atoms with Crippen molar-refractivity contribution < 1.29 is 113 Å². The Balaban J connectivity index is 0.000000541. The second-order valence-electron chi connectivity index (χ2n) is 32.0. The van der Waals surface area contributed by atoms with Crippen molar-refractivity contribution >= 4 is 53.0 Å². The number of aromatic nitrogens is 4. The molecule has 0 bridgehead atoms. The van der Waals surface area contributed by atoms with E-state index in [2.05, 4.69) is 165 Å². The predicted molar refractivity (Wildman–Crippen MR) is 419 cm³/mol. The summed E-state index contributed by atoms with van der Waals surface area (Å²) in [5, 5.41) is 4.58. The van der Waals surface area contributed by atoms with Gasteiger partial charge in [0.05, 0.1) is 32.3 Å². The van der Waals surface area contributed by atoms with Gasteiger partial charge < -0.3 is 19.9 Å². The quantitative estimate of drug-likeness (QED) is 0.0804. The first-order chi connectivity index (χ1) is 52.4. The van der Waals surface area contributed by atoms with Crippen molar-refractivity contribution in [3.63, 3.8) is 0 Å². The summed E-state index contributed by atoms with van der Waals surface area (Å²) in [7, 11) is -6.90. The van der Waals surface area contributed by atoms with E-state index in [-0.39, 0.29) is 147 Å². The van der Waals surface area contributed by atoms with Gasteiger partial charge in [0.25, 0.3) is 0 Å². The number of nitrogens with zero attached hydrogens (tertiary/aromatic N) is 4. The molecule has 0 N–H and O–H groups in total. The van der Waals surface area contributed by atoms with E-state index in [4.69, 9.17) is 37.9 Å². The SMILES string of the molecule is [2H]C([2H])([2H])c1c[c-]c(-c2cc(C([2H])(C)C)c([Si](C)(C)C)cn2)c(C([2H])([2H])[2H])c1.[2H]C([2H])([2H])c1c[c-]c(-c2cc(C([2H])([2H])C(C)C)c([Si](C)(C)C)cn2)c(C([2H])([2H])[2H])c1.[2H]C([2H])([2H])c1c[c-]c(-c2cc(CC(C)(C)C)c([Si](C)(C)C)cn2)c(C([2H])([2H])[2H])c1.[2H]C([2H])([2H])c1cc(C(C)(C)C)c[c-]c1-c1cc(CC2CCCC2)c([Si](C)(C)C)cn1.[Ir].[Ir].[Ir].[Ir]. The molecule has 4 heterocycles. The summed E-state index contributed by atoms with van der Waals surface area (Å²) in [6.07, 6.45) is 12.8. The normalized spacial score (nSPS) is 17.6. The average Bonchev–Trinajstić information content (AvgIpc) is 1.02. The Morgan fingerprint density at radius 3 is 1.14 bits per heavy atom. The number of hydrogen-bond donors (Lipinski definition) is 0. The number of benzene rings is 4. The Morgan fingerprint density at radius 1 is 0.454 bits per heavy atom. The summed E-state index contributed by atoms with van der Waals surface area (Å²) >= 11 is 0.